The molecule has 0 aromatic heterocycles. The van der Waals surface area contributed by atoms with E-state index in [0.29, 0.717) is 12.5 Å². The Labute approximate surface area is 144 Å². The van der Waals surface area contributed by atoms with Gasteiger partial charge >= 0.3 is 0 Å². The van der Waals surface area contributed by atoms with Crippen LogP contribution in [-0.2, 0) is 14.9 Å². The molecule has 0 saturated carbocycles. The smallest absolute Gasteiger partial charge is 0.223 e. The Balaban J connectivity index is 1.69. The standard InChI is InChI=1S/C19H28N2O3/c1-14(15-11-20-12-15)18(22)21-13-19(7-9-24-10-8-19)16-3-5-17(23-2)6-4-16/h3-6,14-15,20H,7-13H2,1-2H3,(H,21,22). The molecule has 0 radical (unpaired) electrons. The van der Waals surface area contributed by atoms with Crippen LogP contribution in [0.1, 0.15) is 25.3 Å². The van der Waals surface area contributed by atoms with Gasteiger partial charge in [-0.05, 0) is 49.5 Å². The Morgan fingerprint density at radius 3 is 2.54 bits per heavy atom. The van der Waals surface area contributed by atoms with Gasteiger partial charge in [-0.3, -0.25) is 4.79 Å². The first-order chi connectivity index (χ1) is 11.6. The molecule has 1 amide bonds. The molecular weight excluding hydrogens is 304 g/mol. The highest BCUT2D eigenvalue weighted by molar-refractivity contribution is 5.78. The second kappa shape index (κ2) is 7.53. The molecule has 2 saturated heterocycles. The van der Waals surface area contributed by atoms with E-state index in [-0.39, 0.29) is 17.2 Å². The molecule has 3 rings (SSSR count). The van der Waals surface area contributed by atoms with E-state index in [0.717, 1.165) is 44.9 Å². The zero-order chi connectivity index (χ0) is 17.0. The third kappa shape index (κ3) is 3.57. The summed E-state index contributed by atoms with van der Waals surface area (Å²) >= 11 is 0. The molecule has 1 atom stereocenters. The quantitative estimate of drug-likeness (QED) is 0.833. The molecule has 5 heteroatoms. The molecule has 1 unspecified atom stereocenters. The summed E-state index contributed by atoms with van der Waals surface area (Å²) in [5.74, 6) is 1.56. The lowest BCUT2D eigenvalue weighted by molar-refractivity contribution is -0.127. The fourth-order valence-corrected chi connectivity index (χ4v) is 3.57. The van der Waals surface area contributed by atoms with Crippen molar-refractivity contribution in [2.24, 2.45) is 11.8 Å². The van der Waals surface area contributed by atoms with Crippen LogP contribution in [-0.4, -0.2) is 45.9 Å². The lowest BCUT2D eigenvalue weighted by Gasteiger charge is -2.39. The number of amides is 1. The summed E-state index contributed by atoms with van der Waals surface area (Å²) in [7, 11) is 1.68. The number of nitrogens with one attached hydrogen (secondary N) is 2. The van der Waals surface area contributed by atoms with Crippen molar-refractivity contribution in [3.63, 3.8) is 0 Å². The molecule has 2 aliphatic heterocycles. The highest BCUT2D eigenvalue weighted by Gasteiger charge is 2.36. The van der Waals surface area contributed by atoms with Crippen LogP contribution in [0.5, 0.6) is 5.75 Å². The van der Waals surface area contributed by atoms with Crippen LogP contribution in [0.15, 0.2) is 24.3 Å². The summed E-state index contributed by atoms with van der Waals surface area (Å²) in [5.41, 5.74) is 1.21. The van der Waals surface area contributed by atoms with Crippen molar-refractivity contribution >= 4 is 5.91 Å². The van der Waals surface area contributed by atoms with Crippen LogP contribution in [0.4, 0.5) is 0 Å². The van der Waals surface area contributed by atoms with Gasteiger partial charge in [0, 0.05) is 31.1 Å². The first-order valence-corrected chi connectivity index (χ1v) is 8.85. The van der Waals surface area contributed by atoms with Crippen LogP contribution in [0.2, 0.25) is 0 Å². The molecule has 132 valence electrons. The maximum Gasteiger partial charge on any atom is 0.223 e. The van der Waals surface area contributed by atoms with Gasteiger partial charge < -0.3 is 20.1 Å². The summed E-state index contributed by atoms with van der Waals surface area (Å²) in [4.78, 5) is 12.5. The Bertz CT molecular complexity index is 548. The number of carbonyl (C=O) groups excluding carboxylic acids is 1. The number of methoxy groups -OCH3 is 1. The Morgan fingerprint density at radius 2 is 2.00 bits per heavy atom. The fourth-order valence-electron chi connectivity index (χ4n) is 3.57. The van der Waals surface area contributed by atoms with Gasteiger partial charge in [-0.2, -0.15) is 0 Å². The van der Waals surface area contributed by atoms with Crippen LogP contribution in [0.3, 0.4) is 0 Å². The van der Waals surface area contributed by atoms with Crippen molar-refractivity contribution in [1.82, 2.24) is 10.6 Å². The van der Waals surface area contributed by atoms with Crippen molar-refractivity contribution in [3.8, 4) is 5.75 Å². The van der Waals surface area contributed by atoms with Crippen molar-refractivity contribution in [2.75, 3.05) is 40.0 Å². The van der Waals surface area contributed by atoms with E-state index >= 15 is 0 Å². The minimum atomic E-state index is -0.0439. The van der Waals surface area contributed by atoms with E-state index in [1.165, 1.54) is 5.56 Å². The van der Waals surface area contributed by atoms with Gasteiger partial charge in [0.2, 0.25) is 5.91 Å². The van der Waals surface area contributed by atoms with Gasteiger partial charge in [-0.25, -0.2) is 0 Å². The third-order valence-corrected chi connectivity index (χ3v) is 5.69. The highest BCUT2D eigenvalue weighted by atomic mass is 16.5. The highest BCUT2D eigenvalue weighted by Crippen LogP contribution is 2.35. The number of carbonyl (C=O) groups is 1. The number of hydrogen-bond acceptors (Lipinski definition) is 4. The minimum absolute atomic E-state index is 0.0439. The maximum atomic E-state index is 12.5. The van der Waals surface area contributed by atoms with E-state index in [1.807, 2.05) is 19.1 Å². The molecule has 0 spiro atoms. The van der Waals surface area contributed by atoms with Gasteiger partial charge in [-0.15, -0.1) is 0 Å². The Morgan fingerprint density at radius 1 is 1.33 bits per heavy atom. The summed E-state index contributed by atoms with van der Waals surface area (Å²) in [6.07, 6.45) is 1.86. The van der Waals surface area contributed by atoms with E-state index in [1.54, 1.807) is 7.11 Å². The summed E-state index contributed by atoms with van der Waals surface area (Å²) in [6, 6.07) is 8.24. The number of ether oxygens (including phenoxy) is 2. The topological polar surface area (TPSA) is 59.6 Å². The molecule has 24 heavy (non-hydrogen) atoms. The number of benzene rings is 1. The first kappa shape index (κ1) is 17.2. The van der Waals surface area contributed by atoms with Gasteiger partial charge in [0.05, 0.1) is 7.11 Å². The minimum Gasteiger partial charge on any atom is -0.497 e. The van der Waals surface area contributed by atoms with Crippen LogP contribution >= 0.6 is 0 Å². The maximum absolute atomic E-state index is 12.5. The zero-order valence-electron chi connectivity index (χ0n) is 14.6. The van der Waals surface area contributed by atoms with Gasteiger partial charge in [0.15, 0.2) is 0 Å². The molecule has 2 fully saturated rings. The second-order valence-corrected chi connectivity index (χ2v) is 7.05. The summed E-state index contributed by atoms with van der Waals surface area (Å²) in [6.45, 7) is 6.09. The predicted molar refractivity (Wildman–Crippen MR) is 93.3 cm³/mol. The lowest BCUT2D eigenvalue weighted by atomic mass is 9.74. The predicted octanol–water partition coefficient (Wildman–Crippen LogP) is 1.72. The van der Waals surface area contributed by atoms with Crippen molar-refractivity contribution in [3.05, 3.63) is 29.8 Å². The Kier molecular flexibility index (Phi) is 5.41. The molecule has 0 bridgehead atoms. The fraction of sp³-hybridized carbons (Fsp3) is 0.632. The molecule has 2 heterocycles. The largest absolute Gasteiger partial charge is 0.497 e. The van der Waals surface area contributed by atoms with E-state index < -0.39 is 0 Å². The molecule has 2 aliphatic rings. The molecule has 2 N–H and O–H groups in total. The van der Waals surface area contributed by atoms with Gasteiger partial charge in [0.1, 0.15) is 5.75 Å². The lowest BCUT2D eigenvalue weighted by Crippen LogP contribution is -2.51. The van der Waals surface area contributed by atoms with Gasteiger partial charge in [-0.1, -0.05) is 19.1 Å². The monoisotopic (exact) mass is 332 g/mol. The van der Waals surface area contributed by atoms with Crippen LogP contribution in [0, 0.1) is 11.8 Å². The van der Waals surface area contributed by atoms with Crippen LogP contribution in [0.25, 0.3) is 0 Å². The average Bonchev–Trinajstić information content (AvgIpc) is 2.59. The van der Waals surface area contributed by atoms with Crippen LogP contribution < -0.4 is 15.4 Å². The summed E-state index contributed by atoms with van der Waals surface area (Å²) < 4.78 is 10.8. The molecule has 5 nitrogen and oxygen atoms in total. The molecule has 1 aromatic rings. The molecule has 0 aliphatic carbocycles. The van der Waals surface area contributed by atoms with E-state index in [9.17, 15) is 4.79 Å². The number of hydrogen-bond donors (Lipinski definition) is 2. The zero-order valence-corrected chi connectivity index (χ0v) is 14.6. The normalized spacial score (nSPS) is 21.6. The molecular formula is C19H28N2O3. The second-order valence-electron chi connectivity index (χ2n) is 7.05. The van der Waals surface area contributed by atoms with E-state index in [2.05, 4.69) is 22.8 Å². The summed E-state index contributed by atoms with van der Waals surface area (Å²) in [5, 5.41) is 6.45. The van der Waals surface area contributed by atoms with Crippen molar-refractivity contribution < 1.29 is 14.3 Å². The number of rotatable bonds is 6. The van der Waals surface area contributed by atoms with Gasteiger partial charge in [0.25, 0.3) is 0 Å². The van der Waals surface area contributed by atoms with Crippen molar-refractivity contribution in [2.45, 2.75) is 25.2 Å². The Hall–Kier alpha value is -1.59. The van der Waals surface area contributed by atoms with E-state index in [4.69, 9.17) is 9.47 Å². The average molecular weight is 332 g/mol. The van der Waals surface area contributed by atoms with Crippen molar-refractivity contribution in [1.29, 1.82) is 0 Å². The molecule has 1 aromatic carbocycles. The SMILES string of the molecule is COc1ccc(C2(CNC(=O)C(C)C3CNC3)CCOCC2)cc1. The first-order valence-electron chi connectivity index (χ1n) is 8.85. The third-order valence-electron chi connectivity index (χ3n) is 5.69.